The van der Waals surface area contributed by atoms with E-state index in [0.717, 1.165) is 0 Å². The van der Waals surface area contributed by atoms with E-state index in [-0.39, 0.29) is 54.2 Å². The molecule has 0 heterocycles. The highest BCUT2D eigenvalue weighted by Crippen LogP contribution is 2.27. The summed E-state index contributed by atoms with van der Waals surface area (Å²) in [7, 11) is 1.59. The van der Waals surface area contributed by atoms with Gasteiger partial charge in [-0.1, -0.05) is 18.2 Å². The summed E-state index contributed by atoms with van der Waals surface area (Å²) in [6.45, 7) is -0.0372. The van der Waals surface area contributed by atoms with Crippen LogP contribution in [0.5, 0.6) is 5.75 Å². The molecule has 0 aliphatic heterocycles. The molecular weight excluding hydrogens is 361 g/mol. The number of halogens is 4. The zero-order chi connectivity index (χ0) is 17.7. The van der Waals surface area contributed by atoms with Gasteiger partial charge in [-0.05, 0) is 25.3 Å². The molecule has 25 heavy (non-hydrogen) atoms. The first-order valence-corrected chi connectivity index (χ1v) is 7.70. The SMILES string of the molecule is CO[C@@H]1CC[C@H](C(=O)NCc2ccccc2OC(F)(F)F)C[C@H]1N.Cl. The van der Waals surface area contributed by atoms with Crippen LogP contribution in [0.3, 0.4) is 0 Å². The van der Waals surface area contributed by atoms with Gasteiger partial charge in [-0.15, -0.1) is 25.6 Å². The maximum atomic E-state index is 12.4. The van der Waals surface area contributed by atoms with Crippen molar-refractivity contribution in [3.63, 3.8) is 0 Å². The summed E-state index contributed by atoms with van der Waals surface area (Å²) in [6, 6.07) is 5.51. The topological polar surface area (TPSA) is 73.6 Å². The number of carbonyl (C=O) groups is 1. The molecule has 0 aromatic heterocycles. The molecule has 0 radical (unpaired) electrons. The van der Waals surface area contributed by atoms with E-state index in [1.54, 1.807) is 13.2 Å². The number of rotatable bonds is 5. The van der Waals surface area contributed by atoms with Crippen LogP contribution in [0, 0.1) is 5.92 Å². The Kier molecular flexibility index (Phi) is 7.98. The van der Waals surface area contributed by atoms with Gasteiger partial charge in [0.05, 0.1) is 6.10 Å². The molecule has 1 fully saturated rings. The third-order valence-electron chi connectivity index (χ3n) is 4.16. The highest BCUT2D eigenvalue weighted by molar-refractivity contribution is 5.85. The van der Waals surface area contributed by atoms with Gasteiger partial charge in [0.25, 0.3) is 0 Å². The molecular formula is C16H22ClF3N2O3. The summed E-state index contributed by atoms with van der Waals surface area (Å²) >= 11 is 0. The molecule has 1 aliphatic carbocycles. The second kappa shape index (κ2) is 9.26. The molecule has 1 aliphatic rings. The molecule has 0 saturated heterocycles. The Morgan fingerprint density at radius 1 is 1.32 bits per heavy atom. The van der Waals surface area contributed by atoms with E-state index in [2.05, 4.69) is 10.1 Å². The van der Waals surface area contributed by atoms with Crippen LogP contribution in [-0.2, 0) is 16.1 Å². The van der Waals surface area contributed by atoms with Crippen molar-refractivity contribution >= 4 is 18.3 Å². The van der Waals surface area contributed by atoms with E-state index in [0.29, 0.717) is 19.3 Å². The lowest BCUT2D eigenvalue weighted by Gasteiger charge is -2.32. The average Bonchev–Trinajstić information content (AvgIpc) is 2.52. The molecule has 1 aromatic rings. The predicted molar refractivity (Wildman–Crippen MR) is 88.3 cm³/mol. The summed E-state index contributed by atoms with van der Waals surface area (Å²) < 4.78 is 46.4. The fourth-order valence-corrected chi connectivity index (χ4v) is 2.91. The average molecular weight is 383 g/mol. The number of amides is 1. The number of alkyl halides is 3. The van der Waals surface area contributed by atoms with Gasteiger partial charge in [0.15, 0.2) is 0 Å². The highest BCUT2D eigenvalue weighted by Gasteiger charge is 2.33. The number of nitrogens with two attached hydrogens (primary N) is 1. The Bertz CT molecular complexity index is 572. The molecule has 3 N–H and O–H groups in total. The van der Waals surface area contributed by atoms with Gasteiger partial charge in [-0.2, -0.15) is 0 Å². The molecule has 142 valence electrons. The Labute approximate surface area is 150 Å². The molecule has 0 bridgehead atoms. The van der Waals surface area contributed by atoms with Gasteiger partial charge in [-0.3, -0.25) is 4.79 Å². The van der Waals surface area contributed by atoms with E-state index in [4.69, 9.17) is 10.5 Å². The number of methoxy groups -OCH3 is 1. The van der Waals surface area contributed by atoms with Crippen LogP contribution in [0.25, 0.3) is 0 Å². The molecule has 0 spiro atoms. The van der Waals surface area contributed by atoms with Crippen molar-refractivity contribution in [2.45, 2.75) is 44.3 Å². The van der Waals surface area contributed by atoms with Crippen molar-refractivity contribution in [1.82, 2.24) is 5.32 Å². The third-order valence-corrected chi connectivity index (χ3v) is 4.16. The van der Waals surface area contributed by atoms with Crippen molar-refractivity contribution < 1.29 is 27.4 Å². The first-order valence-electron chi connectivity index (χ1n) is 7.70. The lowest BCUT2D eigenvalue weighted by atomic mass is 9.83. The normalized spacial score (nSPS) is 23.5. The Morgan fingerprint density at radius 3 is 2.60 bits per heavy atom. The van der Waals surface area contributed by atoms with Crippen molar-refractivity contribution in [1.29, 1.82) is 0 Å². The molecule has 1 amide bonds. The number of ether oxygens (including phenoxy) is 2. The minimum absolute atomic E-state index is 0. The monoisotopic (exact) mass is 382 g/mol. The largest absolute Gasteiger partial charge is 0.573 e. The summed E-state index contributed by atoms with van der Waals surface area (Å²) in [5, 5.41) is 2.67. The number of para-hydroxylation sites is 1. The van der Waals surface area contributed by atoms with E-state index >= 15 is 0 Å². The second-order valence-electron chi connectivity index (χ2n) is 5.82. The molecule has 1 aromatic carbocycles. The molecule has 2 rings (SSSR count). The Balaban J connectivity index is 0.00000312. The summed E-state index contributed by atoms with van der Waals surface area (Å²) in [6.07, 6.45) is -3.02. The van der Waals surface area contributed by atoms with Crippen LogP contribution in [0.2, 0.25) is 0 Å². The van der Waals surface area contributed by atoms with Gasteiger partial charge in [0.1, 0.15) is 5.75 Å². The Hall–Kier alpha value is -1.51. The highest BCUT2D eigenvalue weighted by atomic mass is 35.5. The smallest absolute Gasteiger partial charge is 0.405 e. The number of carbonyl (C=O) groups excluding carboxylic acids is 1. The lowest BCUT2D eigenvalue weighted by Crippen LogP contribution is -2.45. The van der Waals surface area contributed by atoms with Crippen LogP contribution in [0.4, 0.5) is 13.2 Å². The van der Waals surface area contributed by atoms with Gasteiger partial charge in [-0.25, -0.2) is 0 Å². The second-order valence-corrected chi connectivity index (χ2v) is 5.82. The fourth-order valence-electron chi connectivity index (χ4n) is 2.91. The summed E-state index contributed by atoms with van der Waals surface area (Å²) in [5.41, 5.74) is 6.23. The van der Waals surface area contributed by atoms with Crippen LogP contribution < -0.4 is 15.8 Å². The Morgan fingerprint density at radius 2 is 2.00 bits per heavy atom. The zero-order valence-electron chi connectivity index (χ0n) is 13.7. The van der Waals surface area contributed by atoms with Crippen molar-refractivity contribution in [3.05, 3.63) is 29.8 Å². The van der Waals surface area contributed by atoms with Gasteiger partial charge in [0, 0.05) is 31.2 Å². The summed E-state index contributed by atoms with van der Waals surface area (Å²) in [4.78, 5) is 12.2. The number of benzene rings is 1. The van der Waals surface area contributed by atoms with Gasteiger partial charge >= 0.3 is 6.36 Å². The third kappa shape index (κ3) is 6.37. The maximum absolute atomic E-state index is 12.4. The molecule has 9 heteroatoms. The van der Waals surface area contributed by atoms with Crippen LogP contribution in [0.15, 0.2) is 24.3 Å². The number of hydrogen-bond acceptors (Lipinski definition) is 4. The van der Waals surface area contributed by atoms with Crippen molar-refractivity contribution in [2.24, 2.45) is 11.7 Å². The van der Waals surface area contributed by atoms with Gasteiger partial charge in [0.2, 0.25) is 5.91 Å². The maximum Gasteiger partial charge on any atom is 0.573 e. The van der Waals surface area contributed by atoms with Crippen molar-refractivity contribution in [3.8, 4) is 5.75 Å². The molecule has 0 unspecified atom stereocenters. The van der Waals surface area contributed by atoms with Crippen molar-refractivity contribution in [2.75, 3.05) is 7.11 Å². The molecule has 1 saturated carbocycles. The van der Waals surface area contributed by atoms with Gasteiger partial charge < -0.3 is 20.5 Å². The molecule has 5 nitrogen and oxygen atoms in total. The van der Waals surface area contributed by atoms with Crippen LogP contribution in [-0.4, -0.2) is 31.5 Å². The van der Waals surface area contributed by atoms with E-state index in [1.807, 2.05) is 0 Å². The van der Waals surface area contributed by atoms with Crippen LogP contribution in [0.1, 0.15) is 24.8 Å². The fraction of sp³-hybridized carbons (Fsp3) is 0.562. The van der Waals surface area contributed by atoms with E-state index in [9.17, 15) is 18.0 Å². The quantitative estimate of drug-likeness (QED) is 0.821. The predicted octanol–water partition coefficient (Wildman–Crippen LogP) is 2.77. The molecule has 3 atom stereocenters. The number of hydrogen-bond donors (Lipinski definition) is 2. The zero-order valence-corrected chi connectivity index (χ0v) is 14.5. The number of nitrogens with one attached hydrogen (secondary N) is 1. The lowest BCUT2D eigenvalue weighted by molar-refractivity contribution is -0.274. The van der Waals surface area contributed by atoms with Crippen LogP contribution >= 0.6 is 12.4 Å². The first kappa shape index (κ1) is 21.5. The van der Waals surface area contributed by atoms with E-state index in [1.165, 1.54) is 18.2 Å². The minimum Gasteiger partial charge on any atom is -0.405 e. The minimum atomic E-state index is -4.77. The first-order chi connectivity index (χ1) is 11.3. The summed E-state index contributed by atoms with van der Waals surface area (Å²) in [5.74, 6) is -0.797. The van der Waals surface area contributed by atoms with E-state index < -0.39 is 6.36 Å². The standard InChI is InChI=1S/C16H21F3N2O3.ClH/c1-23-14-7-6-10(8-12(14)20)15(22)21-9-11-4-2-3-5-13(11)24-16(17,18)19;/h2-5,10,12,14H,6-9,20H2,1H3,(H,21,22);1H/t10-,12+,14+;/m0./s1.